The molecule has 0 unspecified atom stereocenters. The molecule has 1 aromatic carbocycles. The zero-order valence-corrected chi connectivity index (χ0v) is 14.9. The molecule has 7 heteroatoms. The molecule has 2 aromatic rings. The molecular weight excluding hydrogens is 337 g/mol. The Balaban J connectivity index is 2.05. The summed E-state index contributed by atoms with van der Waals surface area (Å²) >= 11 is 0. The molecule has 6 nitrogen and oxygen atoms in total. The predicted molar refractivity (Wildman–Crippen MR) is 95.3 cm³/mol. The lowest BCUT2D eigenvalue weighted by atomic mass is 9.99. The molecular formula is C19H22FN3O3. The first-order valence-electron chi connectivity index (χ1n) is 8.80. The summed E-state index contributed by atoms with van der Waals surface area (Å²) < 4.78 is 19.5. The van der Waals surface area contributed by atoms with Crippen molar-refractivity contribution in [3.63, 3.8) is 0 Å². The van der Waals surface area contributed by atoms with Gasteiger partial charge < -0.3 is 9.64 Å². The topological polar surface area (TPSA) is 64.4 Å². The molecule has 3 rings (SSSR count). The Bertz CT molecular complexity index is 848. The van der Waals surface area contributed by atoms with Crippen molar-refractivity contribution in [1.82, 2.24) is 14.7 Å². The molecule has 0 radical (unpaired) electrons. The van der Waals surface area contributed by atoms with E-state index in [2.05, 4.69) is 12.0 Å². The van der Waals surface area contributed by atoms with E-state index >= 15 is 0 Å². The fourth-order valence-electron chi connectivity index (χ4n) is 3.34. The molecule has 1 aliphatic rings. The van der Waals surface area contributed by atoms with Gasteiger partial charge in [-0.05, 0) is 49.9 Å². The van der Waals surface area contributed by atoms with Crippen LogP contribution >= 0.6 is 0 Å². The van der Waals surface area contributed by atoms with Gasteiger partial charge in [-0.2, -0.15) is 9.78 Å². The molecule has 1 aromatic heterocycles. The molecule has 0 saturated carbocycles. The highest BCUT2D eigenvalue weighted by molar-refractivity contribution is 5.95. The summed E-state index contributed by atoms with van der Waals surface area (Å²) in [6, 6.07) is 6.78. The number of halogens is 1. The summed E-state index contributed by atoms with van der Waals surface area (Å²) in [5, 5.41) is 4.25. The Morgan fingerprint density at radius 1 is 1.31 bits per heavy atom. The van der Waals surface area contributed by atoms with Gasteiger partial charge in [-0.3, -0.25) is 9.59 Å². The van der Waals surface area contributed by atoms with Gasteiger partial charge in [-0.1, -0.05) is 6.92 Å². The van der Waals surface area contributed by atoms with Gasteiger partial charge in [0.1, 0.15) is 5.82 Å². The van der Waals surface area contributed by atoms with Gasteiger partial charge >= 0.3 is 0 Å². The van der Waals surface area contributed by atoms with Crippen LogP contribution < -0.4 is 10.3 Å². The molecule has 0 N–H and O–H groups in total. The number of methoxy groups -OCH3 is 1. The van der Waals surface area contributed by atoms with Crippen LogP contribution in [0.4, 0.5) is 4.39 Å². The molecule has 26 heavy (non-hydrogen) atoms. The van der Waals surface area contributed by atoms with Crippen LogP contribution in [-0.4, -0.2) is 40.3 Å². The SMILES string of the molecule is CC[C@H]1CCCCN1C(=O)c1nn(-c2ccc(F)cc2)c(=O)cc1OC. The average Bonchev–Trinajstić information content (AvgIpc) is 2.68. The van der Waals surface area contributed by atoms with Crippen LogP contribution in [0.2, 0.25) is 0 Å². The number of likely N-dealkylation sites (tertiary alicyclic amines) is 1. The second kappa shape index (κ2) is 7.68. The molecule has 0 spiro atoms. The lowest BCUT2D eigenvalue weighted by Gasteiger charge is -2.35. The van der Waals surface area contributed by atoms with Crippen LogP contribution in [0.25, 0.3) is 5.69 Å². The molecule has 1 atom stereocenters. The Kier molecular flexibility index (Phi) is 5.35. The van der Waals surface area contributed by atoms with Crippen molar-refractivity contribution < 1.29 is 13.9 Å². The van der Waals surface area contributed by atoms with Gasteiger partial charge in [0.15, 0.2) is 11.4 Å². The molecule has 1 saturated heterocycles. The van der Waals surface area contributed by atoms with Gasteiger partial charge in [0.25, 0.3) is 11.5 Å². The molecule has 138 valence electrons. The molecule has 2 heterocycles. The third kappa shape index (κ3) is 3.47. The second-order valence-corrected chi connectivity index (χ2v) is 6.34. The second-order valence-electron chi connectivity index (χ2n) is 6.34. The third-order valence-electron chi connectivity index (χ3n) is 4.75. The quantitative estimate of drug-likeness (QED) is 0.842. The number of rotatable bonds is 4. The fraction of sp³-hybridized carbons (Fsp3) is 0.421. The van der Waals surface area contributed by atoms with Crippen LogP contribution in [0.3, 0.4) is 0 Å². The van der Waals surface area contributed by atoms with Crippen molar-refractivity contribution >= 4 is 5.91 Å². The van der Waals surface area contributed by atoms with Crippen molar-refractivity contribution in [3.05, 3.63) is 52.2 Å². The van der Waals surface area contributed by atoms with Gasteiger partial charge in [0, 0.05) is 12.6 Å². The summed E-state index contributed by atoms with van der Waals surface area (Å²) in [5.41, 5.74) is 0.0336. The zero-order valence-electron chi connectivity index (χ0n) is 14.9. The Morgan fingerprint density at radius 3 is 2.69 bits per heavy atom. The Morgan fingerprint density at radius 2 is 2.04 bits per heavy atom. The smallest absolute Gasteiger partial charge is 0.278 e. The van der Waals surface area contributed by atoms with Crippen molar-refractivity contribution in [2.24, 2.45) is 0 Å². The van der Waals surface area contributed by atoms with Crippen molar-refractivity contribution in [1.29, 1.82) is 0 Å². The lowest BCUT2D eigenvalue weighted by molar-refractivity contribution is 0.0596. The first-order valence-corrected chi connectivity index (χ1v) is 8.80. The Labute approximate surface area is 151 Å². The van der Waals surface area contributed by atoms with Gasteiger partial charge in [-0.15, -0.1) is 0 Å². The molecule has 1 fully saturated rings. The van der Waals surface area contributed by atoms with E-state index < -0.39 is 11.4 Å². The lowest BCUT2D eigenvalue weighted by Crippen LogP contribution is -2.44. The number of carbonyl (C=O) groups is 1. The van der Waals surface area contributed by atoms with E-state index in [9.17, 15) is 14.0 Å². The molecule has 0 bridgehead atoms. The highest BCUT2D eigenvalue weighted by atomic mass is 19.1. The van der Waals surface area contributed by atoms with Crippen molar-refractivity contribution in [2.75, 3.05) is 13.7 Å². The van der Waals surface area contributed by atoms with E-state index in [0.29, 0.717) is 12.2 Å². The standard InChI is InChI=1S/C19H22FN3O3/c1-3-14-6-4-5-11-22(14)19(25)18-16(26-2)12-17(24)23(21-18)15-9-7-13(20)8-10-15/h7-10,12,14H,3-6,11H2,1-2H3/t14-/m0/s1. The highest BCUT2D eigenvalue weighted by Gasteiger charge is 2.30. The number of nitrogens with zero attached hydrogens (tertiary/aromatic N) is 3. The molecule has 1 aliphatic heterocycles. The normalized spacial score (nSPS) is 17.2. The summed E-state index contributed by atoms with van der Waals surface area (Å²) in [6.45, 7) is 2.72. The number of benzene rings is 1. The van der Waals surface area contributed by atoms with E-state index in [1.165, 1.54) is 37.4 Å². The van der Waals surface area contributed by atoms with Crippen LogP contribution in [0.15, 0.2) is 35.1 Å². The van der Waals surface area contributed by atoms with E-state index in [1.54, 1.807) is 0 Å². The third-order valence-corrected chi connectivity index (χ3v) is 4.75. The number of hydrogen-bond donors (Lipinski definition) is 0. The maximum absolute atomic E-state index is 13.2. The number of ether oxygens (including phenoxy) is 1. The molecule has 1 amide bonds. The number of carbonyl (C=O) groups excluding carboxylic acids is 1. The maximum atomic E-state index is 13.2. The summed E-state index contributed by atoms with van der Waals surface area (Å²) in [4.78, 5) is 27.3. The van der Waals surface area contributed by atoms with E-state index in [4.69, 9.17) is 4.74 Å². The number of aromatic nitrogens is 2. The Hall–Kier alpha value is -2.70. The maximum Gasteiger partial charge on any atom is 0.278 e. The van der Waals surface area contributed by atoms with Gasteiger partial charge in [0.2, 0.25) is 0 Å². The van der Waals surface area contributed by atoms with Crippen LogP contribution in [0.5, 0.6) is 5.75 Å². The summed E-state index contributed by atoms with van der Waals surface area (Å²) in [6.07, 6.45) is 3.87. The van der Waals surface area contributed by atoms with Crippen molar-refractivity contribution in [2.45, 2.75) is 38.6 Å². The minimum atomic E-state index is -0.448. The summed E-state index contributed by atoms with van der Waals surface area (Å²) in [7, 11) is 1.41. The first-order chi connectivity index (χ1) is 12.5. The summed E-state index contributed by atoms with van der Waals surface area (Å²) in [5.74, 6) is -0.506. The van der Waals surface area contributed by atoms with Gasteiger partial charge in [-0.25, -0.2) is 4.39 Å². The highest BCUT2D eigenvalue weighted by Crippen LogP contribution is 2.24. The number of hydrogen-bond acceptors (Lipinski definition) is 4. The largest absolute Gasteiger partial charge is 0.494 e. The first kappa shape index (κ1) is 18.1. The predicted octanol–water partition coefficient (Wildman–Crippen LogP) is 2.78. The monoisotopic (exact) mass is 359 g/mol. The van der Waals surface area contributed by atoms with E-state index in [1.807, 2.05) is 4.90 Å². The zero-order chi connectivity index (χ0) is 18.7. The minimum Gasteiger partial charge on any atom is -0.494 e. The fourth-order valence-corrected chi connectivity index (χ4v) is 3.34. The number of amides is 1. The van der Waals surface area contributed by atoms with Crippen molar-refractivity contribution in [3.8, 4) is 11.4 Å². The molecule has 0 aliphatic carbocycles. The van der Waals surface area contributed by atoms with E-state index in [0.717, 1.165) is 30.4 Å². The van der Waals surface area contributed by atoms with Crippen LogP contribution in [-0.2, 0) is 0 Å². The van der Waals surface area contributed by atoms with Crippen LogP contribution in [0, 0.1) is 5.82 Å². The van der Waals surface area contributed by atoms with Gasteiger partial charge in [0.05, 0.1) is 18.9 Å². The number of piperidine rings is 1. The minimum absolute atomic E-state index is 0.0942. The average molecular weight is 359 g/mol. The van der Waals surface area contributed by atoms with Crippen LogP contribution in [0.1, 0.15) is 43.1 Å². The van der Waals surface area contributed by atoms with E-state index in [-0.39, 0.29) is 23.4 Å².